The van der Waals surface area contributed by atoms with Gasteiger partial charge in [-0.3, -0.25) is 44.3 Å². The van der Waals surface area contributed by atoms with E-state index in [1.54, 1.807) is 59.4 Å². The smallest absolute Gasteiger partial charge is 0.227 e. The molecule has 6 aliphatic heterocycles. The van der Waals surface area contributed by atoms with Gasteiger partial charge < -0.3 is 29.4 Å². The van der Waals surface area contributed by atoms with Crippen molar-refractivity contribution in [2.24, 2.45) is 17.8 Å². The van der Waals surface area contributed by atoms with Crippen LogP contribution in [0.1, 0.15) is 148 Å². The van der Waals surface area contributed by atoms with Crippen LogP contribution in [0, 0.1) is 17.8 Å². The van der Waals surface area contributed by atoms with E-state index in [4.69, 9.17) is 0 Å². The van der Waals surface area contributed by atoms with E-state index in [1.165, 1.54) is 171 Å². The van der Waals surface area contributed by atoms with Crippen molar-refractivity contribution in [3.8, 4) is 0 Å². The number of nitrogens with zero attached hydrogens (tertiary/aromatic N) is 12. The third kappa shape index (κ3) is 38.3. The zero-order valence-corrected chi connectivity index (χ0v) is 118. The Morgan fingerprint density at radius 2 is 0.532 bits per heavy atom. The molecule has 0 saturated heterocycles. The minimum absolute atomic E-state index is 0. The summed E-state index contributed by atoms with van der Waals surface area (Å²) in [5.41, 5.74) is 30.0. The van der Waals surface area contributed by atoms with Crippen molar-refractivity contribution in [2.75, 3.05) is 61.9 Å². The topological polar surface area (TPSA) is 148 Å². The molecule has 18 rings (SSSR count). The molecule has 51 heteroatoms. The number of rotatable bonds is 18. The Balaban J connectivity index is 0.000000175. The Bertz CT molecular complexity index is 4760. The molecule has 0 fully saturated rings. The van der Waals surface area contributed by atoms with Gasteiger partial charge in [-0.2, -0.15) is 0 Å². The summed E-state index contributed by atoms with van der Waals surface area (Å²) in [5.74, 6) is 3.17. The Morgan fingerprint density at radius 1 is 0.281 bits per heavy atom. The van der Waals surface area contributed by atoms with Crippen molar-refractivity contribution in [3.05, 3.63) is 229 Å². The van der Waals surface area contributed by atoms with E-state index in [1.807, 2.05) is 69.3 Å². The molecule has 139 heavy (non-hydrogen) atoms. The molecule has 12 heterocycles. The second kappa shape index (κ2) is 67.0. The monoisotopic (exact) mass is 2540 g/mol. The Kier molecular flexibility index (Phi) is 62.1. The van der Waals surface area contributed by atoms with Crippen molar-refractivity contribution >= 4 is 364 Å². The number of fused-ring (bicyclic) bond motifs is 9. The van der Waals surface area contributed by atoms with Crippen LogP contribution in [0.3, 0.4) is 0 Å². The van der Waals surface area contributed by atoms with Gasteiger partial charge in [0.1, 0.15) is 0 Å². The summed E-state index contributed by atoms with van der Waals surface area (Å²) in [6.45, 7) is 16.1. The molecule has 3 amide bonds. The fraction of sp³-hybridized carbons (Fsp3) is 0.420. The Morgan fingerprint density at radius 3 is 0.942 bits per heavy atom. The van der Waals surface area contributed by atoms with E-state index in [-0.39, 0.29) is 90.8 Å². The second-order valence-electron chi connectivity index (χ2n) is 35.2. The van der Waals surface area contributed by atoms with Crippen molar-refractivity contribution < 1.29 is 14.4 Å². The average Bonchev–Trinajstić information content (AvgIpc) is 0.787. The lowest BCUT2D eigenvalue weighted by molar-refractivity contribution is -0.131. The number of aryl methyl sites for hydroxylation is 3. The first-order chi connectivity index (χ1) is 66.2. The van der Waals surface area contributed by atoms with Crippen LogP contribution in [-0.4, -0.2) is 139 Å². The van der Waals surface area contributed by atoms with Gasteiger partial charge in [0.2, 0.25) is 17.7 Å². The molecule has 3 aliphatic carbocycles. The predicted molar refractivity (Wildman–Crippen MR) is 724 cm³/mol. The minimum atomic E-state index is -0.263. The number of aromatic nitrogens is 6. The number of hydrogen-bond acceptors (Lipinski definition) is 12. The van der Waals surface area contributed by atoms with Crippen LogP contribution >= 0.6 is 298 Å². The number of pyridine rings is 6. The van der Waals surface area contributed by atoms with Gasteiger partial charge >= 0.3 is 0 Å². The van der Waals surface area contributed by atoms with Gasteiger partial charge in [-0.1, -0.05) is 154 Å². The Hall–Kier alpha value is 6.33. The summed E-state index contributed by atoms with van der Waals surface area (Å²) in [5, 5.41) is 8.98. The molecule has 3 aromatic carbocycles. The molecule has 758 valence electrons. The van der Waals surface area contributed by atoms with Gasteiger partial charge in [0.25, 0.3) is 0 Å². The van der Waals surface area contributed by atoms with E-state index < -0.39 is 0 Å². The summed E-state index contributed by atoms with van der Waals surface area (Å²) in [4.78, 5) is 74.1. The van der Waals surface area contributed by atoms with Crippen molar-refractivity contribution in [2.45, 2.75) is 164 Å². The number of amides is 3. The summed E-state index contributed by atoms with van der Waals surface area (Å²) in [7, 11) is 71.6. The molecule has 0 saturated carbocycles. The maximum atomic E-state index is 11.6. The third-order valence-electron chi connectivity index (χ3n) is 25.4. The molecule has 15 nitrogen and oxygen atoms in total. The number of likely N-dealkylation sites (N-methyl/N-ethyl adjacent to an activating group) is 6. The van der Waals surface area contributed by atoms with Gasteiger partial charge in [-0.05, 0) is 310 Å². The zero-order chi connectivity index (χ0) is 100. The molecule has 0 radical (unpaired) electrons. The molecule has 0 N–H and O–H groups in total. The molecule has 9 aromatic rings. The molecule has 0 bridgehead atoms. The quantitative estimate of drug-likeness (QED) is 0.0753. The number of benzene rings is 3. The molecular weight excluding hydrogens is 2390 g/mol. The van der Waals surface area contributed by atoms with Crippen LogP contribution in [0.15, 0.2) is 129 Å². The van der Waals surface area contributed by atoms with Gasteiger partial charge in [0.15, 0.2) is 0 Å². The van der Waals surface area contributed by atoms with E-state index in [0.29, 0.717) is 25.8 Å². The van der Waals surface area contributed by atoms with Gasteiger partial charge in [0.05, 0.1) is 35.6 Å². The third-order valence-corrected chi connectivity index (χ3v) is 116. The number of carbonyl (C=O) groups excluding carboxylic acids is 3. The van der Waals surface area contributed by atoms with Gasteiger partial charge in [0, 0.05) is 157 Å². The summed E-state index contributed by atoms with van der Waals surface area (Å²) in [6.07, 6.45) is 34.6. The largest absolute Gasteiger partial charge is 0.341 e. The standard InChI is InChI=1S/C11H18P4.C10H15NOP4.3C10H17NP4.2C9H14N2OP4.2C9H16N2P4.CH4/c1-8-5-6-9-3-2-4-11(10(9)7-8)15(13)14-12;1-11-6-8-7(5-10(11)12)3-2-4-9(8)16(14)15-13;1-7-2-3-8-5-11-6-10(9(8)4-7)15(13)14-12;1-7-2-3-8-4-5-11-10(9(8)6-7)15(13)14-12;1-11-6-5-8-3-2-4-10(9(8)7-11)15(13)14-12;1-11-5-7-6(2-9(11)12)3-10-4-8(7)16(14)15-13;1-11-5-7-6(4-8(11)12)2-3-10-9(7)16(14)15-13;1-11-5-3-7-2-4-10-9(8(7)6-11)15(13)14-12;1-11-3-2-7-4-10-5-9(8(7)6-11)15(13)14-12;/h2-4,8,14H,5-7,12-13H2,1H3;2-4,15H,5-6,13-14H2,1H3;5-7,14H,2-4,12-13H2,1H3;4-5,7,14H,2-3,6,12-13H2,1H3;2-4,14H,5-7,12-13H2,1H3;3-4,15H,2,5,13-14H2,1H3;2-3,15H,4-5,13-14H2,1H3;2,4,14H,3,5-6,12-13H2,1H3;4-5,14H,2-3,6,12-13H2,1H3;1H4. The summed E-state index contributed by atoms with van der Waals surface area (Å²) < 4.78 is 0. The Labute approximate surface area is 901 Å². The average molecular weight is 2540 g/mol. The van der Waals surface area contributed by atoms with Crippen LogP contribution in [-0.2, 0) is 131 Å². The van der Waals surface area contributed by atoms with Gasteiger partial charge in [-0.15, -0.1) is 161 Å². The lowest BCUT2D eigenvalue weighted by Gasteiger charge is -2.28. The van der Waals surface area contributed by atoms with Crippen LogP contribution in [0.4, 0.5) is 0 Å². The highest BCUT2D eigenvalue weighted by molar-refractivity contribution is 8.67. The van der Waals surface area contributed by atoms with Crippen LogP contribution in [0.5, 0.6) is 0 Å². The van der Waals surface area contributed by atoms with Crippen LogP contribution in [0.2, 0.25) is 0 Å². The zero-order valence-electron chi connectivity index (χ0n) is 80.3. The van der Waals surface area contributed by atoms with E-state index in [0.717, 1.165) is 146 Å². The highest BCUT2D eigenvalue weighted by Crippen LogP contribution is 2.71. The van der Waals surface area contributed by atoms with Crippen LogP contribution < -0.4 is 48.1 Å². The lowest BCUT2D eigenvalue weighted by atomic mass is 9.85. The SMILES string of the molecule is C.CC1CCc2cccc(P(P)PP)c2C1.CC1CCc2ccnc(P(P)PP)c2C1.CC1CCc2cncc(P(P)PP)c2C1.CN1CCc2cccc(P(P)PP)c2C1.CN1CCc2ccnc(P(P)PP)c2C1.CN1CCc2cncc(P(P)PP)c2C1.CN1Cc2c(cccc2P(P)PP)CC1=O.CN1Cc2c(ccnc2P(P)PP)CC1=O.CN1Cc2c(cncc2P(P)PP)CC1=O. The summed E-state index contributed by atoms with van der Waals surface area (Å²) >= 11 is 0. The summed E-state index contributed by atoms with van der Waals surface area (Å²) in [6, 6.07) is 26.5. The highest BCUT2D eigenvalue weighted by atomic mass is 32.6. The molecule has 9 aliphatic rings. The number of carbonyl (C=O) groups is 3. The van der Waals surface area contributed by atoms with Crippen molar-refractivity contribution in [3.63, 3.8) is 0 Å². The maximum Gasteiger partial charge on any atom is 0.227 e. The van der Waals surface area contributed by atoms with E-state index in [2.05, 4.69) is 333 Å². The first-order valence-electron chi connectivity index (χ1n) is 45.2. The predicted octanol–water partition coefficient (Wildman–Crippen LogP) is 25.6. The highest BCUT2D eigenvalue weighted by Gasteiger charge is 2.31. The molecule has 0 spiro atoms. The first-order valence-corrected chi connectivity index (χ1v) is 105. The fourth-order valence-corrected chi connectivity index (χ4v) is 51.2. The van der Waals surface area contributed by atoms with Crippen molar-refractivity contribution in [1.29, 1.82) is 0 Å². The fourth-order valence-electron chi connectivity index (χ4n) is 17.5. The molecule has 6 aromatic heterocycles. The van der Waals surface area contributed by atoms with Gasteiger partial charge in [-0.25, -0.2) is 0 Å². The number of hydrogen-bond donors (Lipinski definition) is 0. The van der Waals surface area contributed by atoms with E-state index in [9.17, 15) is 14.4 Å². The molecule has 39 atom stereocenters. The maximum absolute atomic E-state index is 11.6. The normalized spacial score (nSPS) is 19.9. The first kappa shape index (κ1) is 129. The van der Waals surface area contributed by atoms with E-state index >= 15 is 0 Å². The van der Waals surface area contributed by atoms with Crippen LogP contribution in [0.25, 0.3) is 0 Å². The molecule has 39 unspecified atom stereocenters. The lowest BCUT2D eigenvalue weighted by Crippen LogP contribution is -2.35. The van der Waals surface area contributed by atoms with Crippen molar-refractivity contribution in [1.82, 2.24) is 59.3 Å². The molecular formula is C88H148N12O3P36. The minimum Gasteiger partial charge on any atom is -0.341 e. The second-order valence-corrected chi connectivity index (χ2v) is 117.